The normalized spacial score (nSPS) is 21.6. The van der Waals surface area contributed by atoms with Gasteiger partial charge in [0.05, 0.1) is 6.26 Å². The zero-order chi connectivity index (χ0) is 13.9. The van der Waals surface area contributed by atoms with Crippen LogP contribution in [0.3, 0.4) is 0 Å². The number of hydrogen-bond acceptors (Lipinski definition) is 5. The van der Waals surface area contributed by atoms with Gasteiger partial charge >= 0.3 is 0 Å². The molecular weight excluding hydrogens is 294 g/mol. The van der Waals surface area contributed by atoms with Gasteiger partial charge in [0.1, 0.15) is 0 Å². The first-order valence-corrected chi connectivity index (χ1v) is 6.79. The molecular formula is C14H18ClN3O3. The number of carbonyl (C=O) groups is 1. The van der Waals surface area contributed by atoms with Crippen LogP contribution in [-0.4, -0.2) is 29.7 Å². The van der Waals surface area contributed by atoms with Crippen molar-refractivity contribution in [1.29, 1.82) is 0 Å². The first-order chi connectivity index (χ1) is 9.74. The van der Waals surface area contributed by atoms with Gasteiger partial charge in [0.2, 0.25) is 5.76 Å². The molecule has 2 aromatic heterocycles. The Labute approximate surface area is 128 Å². The molecule has 6 nitrogen and oxygen atoms in total. The summed E-state index contributed by atoms with van der Waals surface area (Å²) in [6.07, 6.45) is 3.58. The minimum atomic E-state index is -0.216. The second-order valence-corrected chi connectivity index (χ2v) is 5.02. The number of aromatic nitrogens is 1. The Hall–Kier alpha value is -1.79. The second-order valence-electron chi connectivity index (χ2n) is 5.02. The smallest absolute Gasteiger partial charge is 0.273 e. The molecule has 3 heterocycles. The highest BCUT2D eigenvalue weighted by Crippen LogP contribution is 2.20. The monoisotopic (exact) mass is 311 g/mol. The molecule has 114 valence electrons. The van der Waals surface area contributed by atoms with E-state index in [1.54, 1.807) is 24.5 Å². The van der Waals surface area contributed by atoms with E-state index in [-0.39, 0.29) is 36.1 Å². The number of carbonyl (C=O) groups excluding carboxylic acids is 1. The van der Waals surface area contributed by atoms with Crippen molar-refractivity contribution in [2.45, 2.75) is 31.8 Å². The molecule has 2 N–H and O–H groups in total. The summed E-state index contributed by atoms with van der Waals surface area (Å²) in [7, 11) is 0. The molecule has 0 aromatic carbocycles. The number of piperidine rings is 1. The van der Waals surface area contributed by atoms with E-state index in [1.807, 2.05) is 0 Å². The third kappa shape index (κ3) is 3.46. The molecule has 2 aromatic rings. The van der Waals surface area contributed by atoms with Gasteiger partial charge in [0.25, 0.3) is 5.91 Å². The summed E-state index contributed by atoms with van der Waals surface area (Å²) in [6.45, 7) is 3.07. The molecule has 0 bridgehead atoms. The van der Waals surface area contributed by atoms with Crippen LogP contribution in [0.1, 0.15) is 30.3 Å². The molecule has 2 atom stereocenters. The Morgan fingerprint density at radius 3 is 3.05 bits per heavy atom. The zero-order valence-electron chi connectivity index (χ0n) is 11.7. The minimum absolute atomic E-state index is 0. The Bertz CT molecular complexity index is 582. The van der Waals surface area contributed by atoms with Crippen molar-refractivity contribution in [1.82, 2.24) is 15.8 Å². The van der Waals surface area contributed by atoms with Gasteiger partial charge in [0.15, 0.2) is 11.5 Å². The number of rotatable bonds is 3. The zero-order valence-corrected chi connectivity index (χ0v) is 12.5. The van der Waals surface area contributed by atoms with Gasteiger partial charge in [-0.3, -0.25) is 4.79 Å². The molecule has 3 rings (SSSR count). The fraction of sp³-hybridized carbons (Fsp3) is 0.429. The number of amides is 1. The fourth-order valence-electron chi connectivity index (χ4n) is 2.40. The van der Waals surface area contributed by atoms with Crippen LogP contribution in [0, 0.1) is 0 Å². The van der Waals surface area contributed by atoms with Gasteiger partial charge in [-0.25, -0.2) is 0 Å². The third-order valence-electron chi connectivity index (χ3n) is 3.59. The maximum atomic E-state index is 12.1. The van der Waals surface area contributed by atoms with Crippen molar-refractivity contribution < 1.29 is 13.7 Å². The second kappa shape index (κ2) is 6.78. The Morgan fingerprint density at radius 2 is 2.33 bits per heavy atom. The molecule has 7 heteroatoms. The van der Waals surface area contributed by atoms with Gasteiger partial charge < -0.3 is 19.6 Å². The van der Waals surface area contributed by atoms with E-state index in [0.29, 0.717) is 11.5 Å². The molecule has 0 radical (unpaired) electrons. The molecule has 2 unspecified atom stereocenters. The van der Waals surface area contributed by atoms with Gasteiger partial charge in [-0.2, -0.15) is 0 Å². The molecule has 1 amide bonds. The van der Waals surface area contributed by atoms with E-state index >= 15 is 0 Å². The summed E-state index contributed by atoms with van der Waals surface area (Å²) in [5.41, 5.74) is 0.272. The van der Waals surface area contributed by atoms with Gasteiger partial charge in [-0.15, -0.1) is 12.4 Å². The van der Waals surface area contributed by atoms with Crippen LogP contribution >= 0.6 is 12.4 Å². The van der Waals surface area contributed by atoms with Crippen LogP contribution in [-0.2, 0) is 0 Å². The summed E-state index contributed by atoms with van der Waals surface area (Å²) >= 11 is 0. The number of hydrogen-bond donors (Lipinski definition) is 2. The van der Waals surface area contributed by atoms with Crippen molar-refractivity contribution in [2.24, 2.45) is 0 Å². The largest absolute Gasteiger partial charge is 0.461 e. The van der Waals surface area contributed by atoms with Crippen LogP contribution in [0.25, 0.3) is 11.5 Å². The van der Waals surface area contributed by atoms with E-state index in [9.17, 15) is 4.79 Å². The lowest BCUT2D eigenvalue weighted by atomic mass is 10.00. The van der Waals surface area contributed by atoms with Gasteiger partial charge in [-0.05, 0) is 38.4 Å². The van der Waals surface area contributed by atoms with E-state index in [0.717, 1.165) is 19.4 Å². The lowest BCUT2D eigenvalue weighted by molar-refractivity contribution is 0.0910. The molecule has 0 spiro atoms. The maximum absolute atomic E-state index is 12.1. The van der Waals surface area contributed by atoms with Crippen molar-refractivity contribution in [3.05, 3.63) is 30.2 Å². The molecule has 1 aliphatic heterocycles. The Kier molecular flexibility index (Phi) is 5.03. The average Bonchev–Trinajstić information content (AvgIpc) is 3.11. The topological polar surface area (TPSA) is 80.3 Å². The van der Waals surface area contributed by atoms with Crippen molar-refractivity contribution in [3.63, 3.8) is 0 Å². The van der Waals surface area contributed by atoms with Crippen LogP contribution in [0.5, 0.6) is 0 Å². The third-order valence-corrected chi connectivity index (χ3v) is 3.59. The first-order valence-electron chi connectivity index (χ1n) is 6.79. The summed E-state index contributed by atoms with van der Waals surface area (Å²) in [4.78, 5) is 12.1. The van der Waals surface area contributed by atoms with E-state index in [1.165, 1.54) is 0 Å². The molecule has 1 saturated heterocycles. The Balaban J connectivity index is 0.00000161. The van der Waals surface area contributed by atoms with E-state index < -0.39 is 0 Å². The molecule has 1 fully saturated rings. The lowest BCUT2D eigenvalue weighted by Crippen LogP contribution is -2.51. The van der Waals surface area contributed by atoms with E-state index in [2.05, 4.69) is 22.7 Å². The number of halogens is 1. The van der Waals surface area contributed by atoms with Crippen molar-refractivity contribution in [2.75, 3.05) is 6.54 Å². The fourth-order valence-corrected chi connectivity index (χ4v) is 2.40. The first kappa shape index (κ1) is 15.6. The average molecular weight is 312 g/mol. The molecule has 1 aliphatic rings. The summed E-state index contributed by atoms with van der Waals surface area (Å²) in [6, 6.07) is 5.50. The highest BCUT2D eigenvalue weighted by molar-refractivity contribution is 5.93. The predicted molar refractivity (Wildman–Crippen MR) is 79.4 cm³/mol. The number of furan rings is 1. The maximum Gasteiger partial charge on any atom is 0.273 e. The minimum Gasteiger partial charge on any atom is -0.461 e. The molecule has 0 aliphatic carbocycles. The highest BCUT2D eigenvalue weighted by atomic mass is 35.5. The van der Waals surface area contributed by atoms with Crippen LogP contribution < -0.4 is 10.6 Å². The van der Waals surface area contributed by atoms with Crippen LogP contribution in [0.4, 0.5) is 0 Å². The predicted octanol–water partition coefficient (Wildman–Crippen LogP) is 2.23. The molecule has 0 saturated carbocycles. The molecule has 21 heavy (non-hydrogen) atoms. The van der Waals surface area contributed by atoms with Crippen molar-refractivity contribution in [3.8, 4) is 11.5 Å². The highest BCUT2D eigenvalue weighted by Gasteiger charge is 2.24. The van der Waals surface area contributed by atoms with E-state index in [4.69, 9.17) is 8.94 Å². The van der Waals surface area contributed by atoms with Crippen molar-refractivity contribution >= 4 is 18.3 Å². The summed E-state index contributed by atoms with van der Waals surface area (Å²) in [5.74, 6) is 0.798. The number of nitrogens with one attached hydrogen (secondary N) is 2. The Morgan fingerprint density at radius 1 is 1.48 bits per heavy atom. The number of nitrogens with zero attached hydrogens (tertiary/aromatic N) is 1. The lowest BCUT2D eigenvalue weighted by Gasteiger charge is -2.30. The summed E-state index contributed by atoms with van der Waals surface area (Å²) in [5, 5.41) is 10.1. The van der Waals surface area contributed by atoms with Crippen LogP contribution in [0.2, 0.25) is 0 Å². The SMILES string of the molecule is CC1NCCCC1NC(=O)c1cc(-c2ccco2)on1.Cl. The summed E-state index contributed by atoms with van der Waals surface area (Å²) < 4.78 is 10.3. The van der Waals surface area contributed by atoms with Crippen LogP contribution in [0.15, 0.2) is 33.4 Å². The van der Waals surface area contributed by atoms with Gasteiger partial charge in [0, 0.05) is 18.2 Å². The standard InChI is InChI=1S/C14H17N3O3.ClH/c1-9-10(4-2-6-15-9)16-14(18)11-8-13(20-17-11)12-5-3-7-19-12;/h3,5,7-10,15H,2,4,6H2,1H3,(H,16,18);1H. The quantitative estimate of drug-likeness (QED) is 0.908. The van der Waals surface area contributed by atoms with Gasteiger partial charge in [-0.1, -0.05) is 5.16 Å².